The second-order valence-electron chi connectivity index (χ2n) is 6.51. The summed E-state index contributed by atoms with van der Waals surface area (Å²) in [4.78, 5) is 23.9. The lowest BCUT2D eigenvalue weighted by atomic mass is 9.97. The smallest absolute Gasteiger partial charge is 0.250 e. The number of hydrogen-bond acceptors (Lipinski definition) is 2. The second kappa shape index (κ2) is 6.04. The van der Waals surface area contributed by atoms with Gasteiger partial charge in [0.2, 0.25) is 5.91 Å². The number of aromatic nitrogens is 1. The molecule has 0 aromatic carbocycles. The zero-order valence-corrected chi connectivity index (χ0v) is 12.7. The minimum absolute atomic E-state index is 0.0282. The molecule has 1 amide bonds. The monoisotopic (exact) mass is 288 g/mol. The number of amides is 1. The van der Waals surface area contributed by atoms with Crippen molar-refractivity contribution in [3.8, 4) is 0 Å². The van der Waals surface area contributed by atoms with E-state index in [9.17, 15) is 9.59 Å². The number of rotatable bonds is 4. The number of fused-ring (bicyclic) bond motifs is 1. The lowest BCUT2D eigenvalue weighted by Gasteiger charge is -2.20. The third-order valence-corrected chi connectivity index (χ3v) is 5.26. The standard InChI is InChI=1S/C17H24N2O2/c1-12-4-2-7-17(21)19(12)11-10-16(20)18-15-9-8-13-5-3-6-14(13)15/h2,4,7,13-15H,3,5-6,8-11H2,1H3,(H,18,20)/t13-,14-,15-/m1/s1. The Balaban J connectivity index is 1.54. The molecular weight excluding hydrogens is 264 g/mol. The van der Waals surface area contributed by atoms with E-state index in [1.807, 2.05) is 13.0 Å². The van der Waals surface area contributed by atoms with Crippen LogP contribution in [-0.4, -0.2) is 16.5 Å². The Bertz CT molecular complexity index is 578. The van der Waals surface area contributed by atoms with Gasteiger partial charge in [0.25, 0.3) is 5.56 Å². The molecule has 1 heterocycles. The van der Waals surface area contributed by atoms with Crippen molar-refractivity contribution in [3.63, 3.8) is 0 Å². The summed E-state index contributed by atoms with van der Waals surface area (Å²) in [6, 6.07) is 5.58. The van der Waals surface area contributed by atoms with Crippen LogP contribution in [0.25, 0.3) is 0 Å². The van der Waals surface area contributed by atoms with Crippen molar-refractivity contribution >= 4 is 5.91 Å². The van der Waals surface area contributed by atoms with E-state index in [-0.39, 0.29) is 11.5 Å². The van der Waals surface area contributed by atoms with Crippen LogP contribution in [0.1, 0.15) is 44.2 Å². The van der Waals surface area contributed by atoms with Gasteiger partial charge < -0.3 is 9.88 Å². The second-order valence-corrected chi connectivity index (χ2v) is 6.51. The summed E-state index contributed by atoms with van der Waals surface area (Å²) in [6.45, 7) is 2.37. The van der Waals surface area contributed by atoms with Gasteiger partial charge in [-0.05, 0) is 44.1 Å². The molecule has 2 aliphatic rings. The lowest BCUT2D eigenvalue weighted by molar-refractivity contribution is -0.122. The van der Waals surface area contributed by atoms with Gasteiger partial charge in [-0.2, -0.15) is 0 Å². The average molecular weight is 288 g/mol. The summed E-state index contributed by atoms with van der Waals surface area (Å²) in [5.41, 5.74) is 0.881. The van der Waals surface area contributed by atoms with Gasteiger partial charge >= 0.3 is 0 Å². The van der Waals surface area contributed by atoms with Crippen LogP contribution in [0, 0.1) is 18.8 Å². The molecule has 0 saturated heterocycles. The topological polar surface area (TPSA) is 51.1 Å². The molecule has 4 nitrogen and oxygen atoms in total. The first kappa shape index (κ1) is 14.4. The molecular formula is C17H24N2O2. The van der Waals surface area contributed by atoms with E-state index >= 15 is 0 Å². The summed E-state index contributed by atoms with van der Waals surface area (Å²) in [5, 5.41) is 3.21. The molecule has 4 heteroatoms. The SMILES string of the molecule is Cc1cccc(=O)n1CCC(=O)N[C@@H]1CC[C@H]2CCC[C@H]21. The number of nitrogens with zero attached hydrogens (tertiary/aromatic N) is 1. The van der Waals surface area contributed by atoms with Crippen molar-refractivity contribution in [1.82, 2.24) is 9.88 Å². The van der Waals surface area contributed by atoms with Crippen molar-refractivity contribution in [2.45, 2.75) is 58.0 Å². The Morgan fingerprint density at radius 2 is 2.14 bits per heavy atom. The van der Waals surface area contributed by atoms with Gasteiger partial charge in [-0.3, -0.25) is 9.59 Å². The zero-order valence-electron chi connectivity index (χ0n) is 12.7. The molecule has 21 heavy (non-hydrogen) atoms. The first-order chi connectivity index (χ1) is 10.1. The molecule has 2 fully saturated rings. The molecule has 0 radical (unpaired) electrons. The van der Waals surface area contributed by atoms with Gasteiger partial charge in [0.1, 0.15) is 0 Å². The molecule has 114 valence electrons. The van der Waals surface area contributed by atoms with Gasteiger partial charge in [0.15, 0.2) is 0 Å². The van der Waals surface area contributed by atoms with Crippen LogP contribution >= 0.6 is 0 Å². The van der Waals surface area contributed by atoms with Crippen molar-refractivity contribution in [2.75, 3.05) is 0 Å². The number of carbonyl (C=O) groups is 1. The van der Waals surface area contributed by atoms with Gasteiger partial charge in [-0.15, -0.1) is 0 Å². The minimum Gasteiger partial charge on any atom is -0.353 e. The average Bonchev–Trinajstić information content (AvgIpc) is 3.03. The molecule has 0 bridgehead atoms. The van der Waals surface area contributed by atoms with Crippen LogP contribution in [0.5, 0.6) is 0 Å². The van der Waals surface area contributed by atoms with Crippen LogP contribution < -0.4 is 10.9 Å². The molecule has 0 unspecified atom stereocenters. The molecule has 0 spiro atoms. The maximum atomic E-state index is 12.2. The molecule has 0 aliphatic heterocycles. The number of pyridine rings is 1. The van der Waals surface area contributed by atoms with Crippen molar-refractivity contribution in [1.29, 1.82) is 0 Å². The lowest BCUT2D eigenvalue weighted by Crippen LogP contribution is -2.38. The number of carbonyl (C=O) groups excluding carboxylic acids is 1. The molecule has 3 atom stereocenters. The van der Waals surface area contributed by atoms with Gasteiger partial charge in [-0.25, -0.2) is 0 Å². The highest BCUT2D eigenvalue weighted by molar-refractivity contribution is 5.76. The van der Waals surface area contributed by atoms with Crippen LogP contribution in [0.2, 0.25) is 0 Å². The van der Waals surface area contributed by atoms with E-state index in [4.69, 9.17) is 0 Å². The number of nitrogens with one attached hydrogen (secondary N) is 1. The van der Waals surface area contributed by atoms with Gasteiger partial charge in [0.05, 0.1) is 0 Å². The normalized spacial score (nSPS) is 27.6. The van der Waals surface area contributed by atoms with Crippen molar-refractivity contribution in [3.05, 3.63) is 34.2 Å². The van der Waals surface area contributed by atoms with E-state index < -0.39 is 0 Å². The highest BCUT2D eigenvalue weighted by Crippen LogP contribution is 2.43. The Morgan fingerprint density at radius 3 is 2.95 bits per heavy atom. The molecule has 1 aromatic rings. The number of hydrogen-bond donors (Lipinski definition) is 1. The Labute approximate surface area is 125 Å². The minimum atomic E-state index is -0.0282. The quantitative estimate of drug-likeness (QED) is 0.924. The highest BCUT2D eigenvalue weighted by Gasteiger charge is 2.39. The number of aryl methyl sites for hydroxylation is 1. The van der Waals surface area contributed by atoms with Crippen molar-refractivity contribution in [2.24, 2.45) is 11.8 Å². The molecule has 1 N–H and O–H groups in total. The van der Waals surface area contributed by atoms with Gasteiger partial charge in [-0.1, -0.05) is 18.9 Å². The van der Waals surface area contributed by atoms with E-state index in [2.05, 4.69) is 5.32 Å². The maximum Gasteiger partial charge on any atom is 0.250 e. The summed E-state index contributed by atoms with van der Waals surface area (Å²) < 4.78 is 1.67. The summed E-state index contributed by atoms with van der Waals surface area (Å²) >= 11 is 0. The van der Waals surface area contributed by atoms with Crippen LogP contribution in [0.3, 0.4) is 0 Å². The van der Waals surface area contributed by atoms with E-state index in [1.165, 1.54) is 25.7 Å². The van der Waals surface area contributed by atoms with Crippen LogP contribution in [0.4, 0.5) is 0 Å². The van der Waals surface area contributed by atoms with E-state index in [0.29, 0.717) is 24.9 Å². The van der Waals surface area contributed by atoms with Gasteiger partial charge in [0, 0.05) is 30.8 Å². The fourth-order valence-electron chi connectivity index (χ4n) is 4.14. The largest absolute Gasteiger partial charge is 0.353 e. The third kappa shape index (κ3) is 3.04. The Hall–Kier alpha value is -1.58. The van der Waals surface area contributed by atoms with E-state index in [0.717, 1.165) is 18.0 Å². The predicted octanol–water partition coefficient (Wildman–Crippen LogP) is 2.24. The first-order valence-electron chi connectivity index (χ1n) is 8.11. The predicted molar refractivity (Wildman–Crippen MR) is 82.1 cm³/mol. The zero-order chi connectivity index (χ0) is 14.8. The Morgan fingerprint density at radius 1 is 1.29 bits per heavy atom. The van der Waals surface area contributed by atoms with E-state index in [1.54, 1.807) is 16.7 Å². The molecule has 2 aliphatic carbocycles. The fourth-order valence-corrected chi connectivity index (χ4v) is 4.14. The molecule has 3 rings (SSSR count). The van der Waals surface area contributed by atoms with Crippen molar-refractivity contribution < 1.29 is 4.79 Å². The first-order valence-corrected chi connectivity index (χ1v) is 8.11. The third-order valence-electron chi connectivity index (χ3n) is 5.26. The summed E-state index contributed by atoms with van der Waals surface area (Å²) in [6.07, 6.45) is 6.72. The Kier molecular flexibility index (Phi) is 4.13. The fraction of sp³-hybridized carbons (Fsp3) is 0.647. The highest BCUT2D eigenvalue weighted by atomic mass is 16.2. The summed E-state index contributed by atoms with van der Waals surface area (Å²) in [5.74, 6) is 1.63. The maximum absolute atomic E-state index is 12.2. The molecule has 1 aromatic heterocycles. The van der Waals surface area contributed by atoms with Crippen LogP contribution in [-0.2, 0) is 11.3 Å². The molecule has 2 saturated carbocycles. The van der Waals surface area contributed by atoms with Crippen LogP contribution in [0.15, 0.2) is 23.0 Å². The summed E-state index contributed by atoms with van der Waals surface area (Å²) in [7, 11) is 0.